The van der Waals surface area contributed by atoms with Crippen LogP contribution in [0.25, 0.3) is 0 Å². The number of alkyl halides is 3. The predicted octanol–water partition coefficient (Wildman–Crippen LogP) is 4.03. The number of carbonyl (C=O) groups excluding carboxylic acids is 1. The number of hydrogen-bond donors (Lipinski definition) is 2. The van der Waals surface area contributed by atoms with Crippen molar-refractivity contribution in [1.29, 1.82) is 0 Å². The molecule has 128 valence electrons. The number of nitrogens with zero attached hydrogens (tertiary/aromatic N) is 2. The van der Waals surface area contributed by atoms with E-state index < -0.39 is 11.7 Å². The first-order valence-corrected chi connectivity index (χ1v) is 7.31. The molecule has 1 aromatic carbocycles. The van der Waals surface area contributed by atoms with Gasteiger partial charge in [0.05, 0.1) is 28.7 Å². The van der Waals surface area contributed by atoms with Gasteiger partial charge in [-0.25, -0.2) is 9.97 Å². The zero-order chi connectivity index (χ0) is 17.9. The van der Waals surface area contributed by atoms with E-state index in [1.54, 1.807) is 13.8 Å². The van der Waals surface area contributed by atoms with E-state index in [0.717, 1.165) is 18.2 Å². The summed E-state index contributed by atoms with van der Waals surface area (Å²) < 4.78 is 38.2. The fraction of sp³-hybridized carbons (Fsp3) is 0.267. The predicted molar refractivity (Wildman–Crippen MR) is 84.4 cm³/mol. The Balaban J connectivity index is 2.18. The van der Waals surface area contributed by atoms with Gasteiger partial charge >= 0.3 is 6.18 Å². The van der Waals surface area contributed by atoms with Gasteiger partial charge in [0, 0.05) is 6.04 Å². The second-order valence-electron chi connectivity index (χ2n) is 5.23. The van der Waals surface area contributed by atoms with Gasteiger partial charge < -0.3 is 10.6 Å². The van der Waals surface area contributed by atoms with Gasteiger partial charge in [-0.05, 0) is 32.0 Å². The number of amides is 1. The molecule has 0 radical (unpaired) electrons. The number of anilines is 2. The Morgan fingerprint density at radius 1 is 1.21 bits per heavy atom. The van der Waals surface area contributed by atoms with E-state index in [2.05, 4.69) is 20.6 Å². The average molecular weight is 359 g/mol. The molecule has 2 aromatic rings. The lowest BCUT2D eigenvalue weighted by Gasteiger charge is -2.12. The molecule has 0 aliphatic rings. The van der Waals surface area contributed by atoms with E-state index in [1.165, 1.54) is 12.4 Å². The van der Waals surface area contributed by atoms with E-state index >= 15 is 0 Å². The van der Waals surface area contributed by atoms with Crippen molar-refractivity contribution in [2.75, 3.05) is 5.32 Å². The molecule has 2 N–H and O–H groups in total. The molecule has 0 aliphatic heterocycles. The molecule has 0 saturated carbocycles. The lowest BCUT2D eigenvalue weighted by atomic mass is 10.2. The standard InChI is InChI=1S/C15H14ClF3N4O/c1-8(2)22-14(24)12-6-21-13(7-20-12)23-11-5-9(15(17,18)19)3-4-10(11)16/h3-8H,1-2H3,(H,21,23)(H,22,24). The minimum Gasteiger partial charge on any atom is -0.348 e. The number of carbonyl (C=O) groups is 1. The molecule has 0 unspecified atom stereocenters. The molecule has 0 fully saturated rings. The molecule has 9 heteroatoms. The van der Waals surface area contributed by atoms with Crippen molar-refractivity contribution >= 4 is 29.0 Å². The third kappa shape index (κ3) is 4.58. The molecule has 1 amide bonds. The second kappa shape index (κ2) is 7.04. The van der Waals surface area contributed by atoms with Crippen molar-refractivity contribution in [3.05, 3.63) is 46.9 Å². The first-order valence-electron chi connectivity index (χ1n) is 6.93. The summed E-state index contributed by atoms with van der Waals surface area (Å²) in [5.41, 5.74) is -0.695. The lowest BCUT2D eigenvalue weighted by molar-refractivity contribution is -0.137. The zero-order valence-corrected chi connectivity index (χ0v) is 13.5. The summed E-state index contributed by atoms with van der Waals surface area (Å²) in [6.45, 7) is 3.60. The van der Waals surface area contributed by atoms with E-state index in [4.69, 9.17) is 11.6 Å². The monoisotopic (exact) mass is 358 g/mol. The number of benzene rings is 1. The largest absolute Gasteiger partial charge is 0.416 e. The maximum Gasteiger partial charge on any atom is 0.416 e. The molecular weight excluding hydrogens is 345 g/mol. The molecule has 0 saturated heterocycles. The smallest absolute Gasteiger partial charge is 0.348 e. The van der Waals surface area contributed by atoms with E-state index in [1.807, 2.05) is 0 Å². The lowest BCUT2D eigenvalue weighted by Crippen LogP contribution is -2.30. The average Bonchev–Trinajstić information content (AvgIpc) is 2.48. The van der Waals surface area contributed by atoms with Gasteiger partial charge in [-0.3, -0.25) is 4.79 Å². The minimum atomic E-state index is -4.48. The fourth-order valence-electron chi connectivity index (χ4n) is 1.78. The highest BCUT2D eigenvalue weighted by Crippen LogP contribution is 2.34. The Kier molecular flexibility index (Phi) is 5.28. The number of aromatic nitrogens is 2. The molecule has 24 heavy (non-hydrogen) atoms. The third-order valence-electron chi connectivity index (χ3n) is 2.86. The van der Waals surface area contributed by atoms with Crippen LogP contribution in [-0.4, -0.2) is 21.9 Å². The van der Waals surface area contributed by atoms with Crippen molar-refractivity contribution < 1.29 is 18.0 Å². The van der Waals surface area contributed by atoms with Crippen LogP contribution in [0.5, 0.6) is 0 Å². The summed E-state index contributed by atoms with van der Waals surface area (Å²) in [5.74, 6) is -0.224. The van der Waals surface area contributed by atoms with Gasteiger partial charge in [-0.15, -0.1) is 0 Å². The summed E-state index contributed by atoms with van der Waals surface area (Å²) in [6.07, 6.45) is -2.01. The van der Waals surface area contributed by atoms with Crippen molar-refractivity contribution in [3.63, 3.8) is 0 Å². The Morgan fingerprint density at radius 3 is 2.46 bits per heavy atom. The van der Waals surface area contributed by atoms with Crippen molar-refractivity contribution in [2.24, 2.45) is 0 Å². The van der Waals surface area contributed by atoms with Crippen LogP contribution in [0.2, 0.25) is 5.02 Å². The molecule has 1 heterocycles. The van der Waals surface area contributed by atoms with Gasteiger partial charge in [0.2, 0.25) is 0 Å². The Hall–Kier alpha value is -2.35. The summed E-state index contributed by atoms with van der Waals surface area (Å²) >= 11 is 5.89. The van der Waals surface area contributed by atoms with E-state index in [-0.39, 0.29) is 34.2 Å². The minimum absolute atomic E-state index is 0.0418. The number of hydrogen-bond acceptors (Lipinski definition) is 4. The van der Waals surface area contributed by atoms with Crippen LogP contribution >= 0.6 is 11.6 Å². The SMILES string of the molecule is CC(C)NC(=O)c1cnc(Nc2cc(C(F)(F)F)ccc2Cl)cn1. The van der Waals surface area contributed by atoms with Gasteiger partial charge in [-0.2, -0.15) is 13.2 Å². The van der Waals surface area contributed by atoms with Crippen LogP contribution in [0, 0.1) is 0 Å². The van der Waals surface area contributed by atoms with Gasteiger partial charge in [0.25, 0.3) is 5.91 Å². The highest BCUT2D eigenvalue weighted by Gasteiger charge is 2.31. The van der Waals surface area contributed by atoms with Crippen molar-refractivity contribution in [1.82, 2.24) is 15.3 Å². The van der Waals surface area contributed by atoms with Crippen molar-refractivity contribution in [3.8, 4) is 0 Å². The molecular formula is C15H14ClF3N4O. The molecule has 0 atom stereocenters. The van der Waals surface area contributed by atoms with Crippen LogP contribution in [-0.2, 0) is 6.18 Å². The van der Waals surface area contributed by atoms with Crippen LogP contribution in [0.1, 0.15) is 29.9 Å². The molecule has 0 bridgehead atoms. The molecule has 0 aliphatic carbocycles. The van der Waals surface area contributed by atoms with E-state index in [0.29, 0.717) is 0 Å². The maximum absolute atomic E-state index is 12.7. The summed E-state index contributed by atoms with van der Waals surface area (Å²) in [5, 5.41) is 5.41. The number of nitrogens with one attached hydrogen (secondary N) is 2. The molecule has 5 nitrogen and oxygen atoms in total. The fourth-order valence-corrected chi connectivity index (χ4v) is 1.95. The Bertz CT molecular complexity index is 732. The first kappa shape index (κ1) is 18.0. The highest BCUT2D eigenvalue weighted by molar-refractivity contribution is 6.33. The molecule has 1 aromatic heterocycles. The Labute approximate surface area is 141 Å². The maximum atomic E-state index is 12.7. The third-order valence-corrected chi connectivity index (χ3v) is 3.19. The second-order valence-corrected chi connectivity index (χ2v) is 5.64. The topological polar surface area (TPSA) is 66.9 Å². The normalized spacial score (nSPS) is 11.5. The van der Waals surface area contributed by atoms with E-state index in [9.17, 15) is 18.0 Å². The van der Waals surface area contributed by atoms with Crippen LogP contribution in [0.4, 0.5) is 24.7 Å². The molecule has 2 rings (SSSR count). The zero-order valence-electron chi connectivity index (χ0n) is 12.8. The Morgan fingerprint density at radius 2 is 1.92 bits per heavy atom. The number of halogens is 4. The van der Waals surface area contributed by atoms with Crippen LogP contribution in [0.3, 0.4) is 0 Å². The van der Waals surface area contributed by atoms with Crippen LogP contribution < -0.4 is 10.6 Å². The highest BCUT2D eigenvalue weighted by atomic mass is 35.5. The summed E-state index contributed by atoms with van der Waals surface area (Å²) in [4.78, 5) is 19.6. The number of rotatable bonds is 4. The van der Waals surface area contributed by atoms with Gasteiger partial charge in [-0.1, -0.05) is 11.6 Å². The summed E-state index contributed by atoms with van der Waals surface area (Å²) in [6, 6.07) is 2.85. The quantitative estimate of drug-likeness (QED) is 0.866. The van der Waals surface area contributed by atoms with Crippen LogP contribution in [0.15, 0.2) is 30.6 Å². The summed E-state index contributed by atoms with van der Waals surface area (Å²) in [7, 11) is 0. The van der Waals surface area contributed by atoms with Crippen molar-refractivity contribution in [2.45, 2.75) is 26.1 Å². The van der Waals surface area contributed by atoms with Gasteiger partial charge in [0.15, 0.2) is 0 Å². The molecule has 0 spiro atoms. The first-order chi connectivity index (χ1) is 11.2. The van der Waals surface area contributed by atoms with Gasteiger partial charge in [0.1, 0.15) is 11.5 Å².